The van der Waals surface area contributed by atoms with E-state index in [2.05, 4.69) is 5.32 Å². The summed E-state index contributed by atoms with van der Waals surface area (Å²) in [6.45, 7) is 0. The lowest BCUT2D eigenvalue weighted by Crippen LogP contribution is -2.40. The van der Waals surface area contributed by atoms with E-state index >= 15 is 0 Å². The zero-order chi connectivity index (χ0) is 19.2. The van der Waals surface area contributed by atoms with E-state index < -0.39 is 17.9 Å². The number of carboxylic acids is 1. The van der Waals surface area contributed by atoms with Crippen LogP contribution in [0.3, 0.4) is 0 Å². The van der Waals surface area contributed by atoms with Gasteiger partial charge in [0.2, 0.25) is 0 Å². The zero-order valence-electron chi connectivity index (χ0n) is 14.4. The van der Waals surface area contributed by atoms with Crippen LogP contribution in [0.1, 0.15) is 22.3 Å². The van der Waals surface area contributed by atoms with Crippen LogP contribution >= 0.6 is 0 Å². The highest BCUT2D eigenvalue weighted by atomic mass is 19.1. The number of hydrogen-bond donors (Lipinski definition) is 2. The molecule has 1 atom stereocenters. The molecule has 0 aromatic heterocycles. The normalized spacial score (nSPS) is 12.2. The third-order valence-electron chi connectivity index (χ3n) is 4.15. The van der Waals surface area contributed by atoms with E-state index in [1.807, 2.05) is 30.3 Å². The molecule has 136 valence electrons. The van der Waals surface area contributed by atoms with Gasteiger partial charge in [-0.1, -0.05) is 54.6 Å². The van der Waals surface area contributed by atoms with Crippen LogP contribution in [0.25, 0.3) is 16.8 Å². The van der Waals surface area contributed by atoms with E-state index in [-0.39, 0.29) is 12.2 Å². The van der Waals surface area contributed by atoms with Gasteiger partial charge in [0, 0.05) is 5.56 Å². The standard InChI is InChI=1S/C22H18FNO3/c23-19-9-3-5-15(13-19)6-4-10-20(22(26)27)24-21(25)18-12-11-16-7-1-2-8-17(16)14-18/h1-9,11-14,20H,10H2,(H,24,25)(H,26,27)/b6-4+/t20-/m1/s1. The Hall–Kier alpha value is -3.47. The van der Waals surface area contributed by atoms with Gasteiger partial charge in [0.25, 0.3) is 5.91 Å². The van der Waals surface area contributed by atoms with E-state index in [0.29, 0.717) is 11.1 Å². The summed E-state index contributed by atoms with van der Waals surface area (Å²) in [6.07, 6.45) is 3.32. The molecule has 3 rings (SSSR count). The molecule has 0 aliphatic heterocycles. The second-order valence-electron chi connectivity index (χ2n) is 6.12. The summed E-state index contributed by atoms with van der Waals surface area (Å²) in [5, 5.41) is 13.8. The Bertz CT molecular complexity index is 1010. The van der Waals surface area contributed by atoms with E-state index in [0.717, 1.165) is 10.8 Å². The summed E-state index contributed by atoms with van der Waals surface area (Å²) in [7, 11) is 0. The van der Waals surface area contributed by atoms with Crippen molar-refractivity contribution in [3.05, 3.63) is 89.8 Å². The molecule has 0 aliphatic rings. The number of fused-ring (bicyclic) bond motifs is 1. The summed E-state index contributed by atoms with van der Waals surface area (Å²) in [5.74, 6) is -1.95. The maximum absolute atomic E-state index is 13.2. The second-order valence-corrected chi connectivity index (χ2v) is 6.12. The largest absolute Gasteiger partial charge is 0.480 e. The number of aliphatic carboxylic acids is 1. The predicted molar refractivity (Wildman–Crippen MR) is 103 cm³/mol. The third kappa shape index (κ3) is 4.79. The smallest absolute Gasteiger partial charge is 0.326 e. The van der Waals surface area contributed by atoms with Gasteiger partial charge >= 0.3 is 5.97 Å². The van der Waals surface area contributed by atoms with Crippen molar-refractivity contribution in [3.63, 3.8) is 0 Å². The van der Waals surface area contributed by atoms with Gasteiger partial charge in [-0.15, -0.1) is 0 Å². The number of halogens is 1. The van der Waals surface area contributed by atoms with E-state index in [9.17, 15) is 19.1 Å². The Morgan fingerprint density at radius 2 is 1.78 bits per heavy atom. The Balaban J connectivity index is 1.69. The van der Waals surface area contributed by atoms with E-state index in [1.54, 1.807) is 36.4 Å². The number of nitrogens with one attached hydrogen (secondary N) is 1. The Morgan fingerprint density at radius 3 is 2.52 bits per heavy atom. The van der Waals surface area contributed by atoms with E-state index in [1.165, 1.54) is 12.1 Å². The lowest BCUT2D eigenvalue weighted by Gasteiger charge is -2.13. The topological polar surface area (TPSA) is 66.4 Å². The zero-order valence-corrected chi connectivity index (χ0v) is 14.4. The van der Waals surface area contributed by atoms with Gasteiger partial charge in [-0.05, 0) is 47.0 Å². The summed E-state index contributed by atoms with van der Waals surface area (Å²) in [4.78, 5) is 23.9. The van der Waals surface area contributed by atoms with Crippen molar-refractivity contribution >= 4 is 28.7 Å². The van der Waals surface area contributed by atoms with Gasteiger partial charge < -0.3 is 10.4 Å². The molecule has 27 heavy (non-hydrogen) atoms. The van der Waals surface area contributed by atoms with Crippen LogP contribution in [0.5, 0.6) is 0 Å². The lowest BCUT2D eigenvalue weighted by molar-refractivity contribution is -0.139. The van der Waals surface area contributed by atoms with Crippen molar-refractivity contribution in [2.24, 2.45) is 0 Å². The first-order valence-corrected chi connectivity index (χ1v) is 8.47. The minimum atomic E-state index is -1.13. The van der Waals surface area contributed by atoms with Crippen molar-refractivity contribution in [2.45, 2.75) is 12.5 Å². The molecule has 0 bridgehead atoms. The molecule has 3 aromatic carbocycles. The first kappa shape index (κ1) is 18.3. The first-order valence-electron chi connectivity index (χ1n) is 8.47. The maximum Gasteiger partial charge on any atom is 0.326 e. The van der Waals surface area contributed by atoms with Gasteiger partial charge in [-0.25, -0.2) is 9.18 Å². The van der Waals surface area contributed by atoms with Crippen molar-refractivity contribution in [1.29, 1.82) is 0 Å². The molecular formula is C22H18FNO3. The summed E-state index contributed by atoms with van der Waals surface area (Å²) < 4.78 is 13.2. The first-order chi connectivity index (χ1) is 13.0. The number of carboxylic acid groups (broad SMARTS) is 1. The van der Waals surface area contributed by atoms with Crippen LogP contribution in [0.2, 0.25) is 0 Å². The molecule has 0 heterocycles. The fraction of sp³-hybridized carbons (Fsp3) is 0.0909. The molecule has 0 spiro atoms. The second kappa shape index (κ2) is 8.27. The number of hydrogen-bond acceptors (Lipinski definition) is 2. The highest BCUT2D eigenvalue weighted by Gasteiger charge is 2.19. The van der Waals surface area contributed by atoms with Gasteiger partial charge in [0.15, 0.2) is 0 Å². The van der Waals surface area contributed by atoms with Gasteiger partial charge in [0.1, 0.15) is 11.9 Å². The van der Waals surface area contributed by atoms with Crippen molar-refractivity contribution in [2.75, 3.05) is 0 Å². The third-order valence-corrected chi connectivity index (χ3v) is 4.15. The molecule has 0 saturated carbocycles. The van der Waals surface area contributed by atoms with Crippen LogP contribution in [0.4, 0.5) is 4.39 Å². The lowest BCUT2D eigenvalue weighted by atomic mass is 10.1. The SMILES string of the molecule is O=C(N[C@H](C/C=C/c1cccc(F)c1)C(=O)O)c1ccc2ccccc2c1. The van der Waals surface area contributed by atoms with Crippen molar-refractivity contribution in [3.8, 4) is 0 Å². The van der Waals surface area contributed by atoms with Crippen LogP contribution in [-0.4, -0.2) is 23.0 Å². The minimum absolute atomic E-state index is 0.0885. The van der Waals surface area contributed by atoms with E-state index in [4.69, 9.17) is 0 Å². The summed E-state index contributed by atoms with van der Waals surface area (Å²) >= 11 is 0. The van der Waals surface area contributed by atoms with Gasteiger partial charge in [-0.3, -0.25) is 4.79 Å². The van der Waals surface area contributed by atoms with Gasteiger partial charge in [-0.2, -0.15) is 0 Å². The van der Waals surface area contributed by atoms with Crippen LogP contribution in [0, 0.1) is 5.82 Å². The molecule has 0 fully saturated rings. The van der Waals surface area contributed by atoms with Crippen LogP contribution in [-0.2, 0) is 4.79 Å². The predicted octanol–water partition coefficient (Wildman–Crippen LogP) is 4.27. The summed E-state index contributed by atoms with van der Waals surface area (Å²) in [6, 6.07) is 17.7. The highest BCUT2D eigenvalue weighted by molar-refractivity contribution is 6.00. The molecule has 1 amide bonds. The fourth-order valence-electron chi connectivity index (χ4n) is 2.74. The molecule has 2 N–H and O–H groups in total. The van der Waals surface area contributed by atoms with Crippen LogP contribution in [0.15, 0.2) is 72.8 Å². The average Bonchev–Trinajstić information content (AvgIpc) is 2.66. The Morgan fingerprint density at radius 1 is 1.00 bits per heavy atom. The quantitative estimate of drug-likeness (QED) is 0.687. The van der Waals surface area contributed by atoms with Crippen molar-refractivity contribution in [1.82, 2.24) is 5.32 Å². The molecular weight excluding hydrogens is 345 g/mol. The number of carbonyl (C=O) groups excluding carboxylic acids is 1. The molecule has 0 aliphatic carbocycles. The number of carbonyl (C=O) groups is 2. The molecule has 3 aromatic rings. The molecule has 0 unspecified atom stereocenters. The number of benzene rings is 3. The molecule has 0 radical (unpaired) electrons. The average molecular weight is 363 g/mol. The van der Waals surface area contributed by atoms with Crippen molar-refractivity contribution < 1.29 is 19.1 Å². The minimum Gasteiger partial charge on any atom is -0.480 e. The van der Waals surface area contributed by atoms with Crippen LogP contribution < -0.4 is 5.32 Å². The van der Waals surface area contributed by atoms with Gasteiger partial charge in [0.05, 0.1) is 0 Å². The molecule has 0 saturated heterocycles. The Labute approximate surface area is 156 Å². The highest BCUT2D eigenvalue weighted by Crippen LogP contribution is 2.16. The maximum atomic E-state index is 13.2. The fourth-order valence-corrected chi connectivity index (χ4v) is 2.74. The monoisotopic (exact) mass is 363 g/mol. The number of amides is 1. The Kier molecular flexibility index (Phi) is 5.61. The molecule has 5 heteroatoms. The number of rotatable bonds is 6. The molecule has 4 nitrogen and oxygen atoms in total. The summed E-state index contributed by atoms with van der Waals surface area (Å²) in [5.41, 5.74) is 1.02.